The normalized spacial score (nSPS) is 21.0. The summed E-state index contributed by atoms with van der Waals surface area (Å²) < 4.78 is 5.38. The maximum absolute atomic E-state index is 5.38. The van der Waals surface area contributed by atoms with Gasteiger partial charge >= 0.3 is 0 Å². The van der Waals surface area contributed by atoms with Gasteiger partial charge in [0.15, 0.2) is 0 Å². The summed E-state index contributed by atoms with van der Waals surface area (Å²) in [5.74, 6) is 0. The Kier molecular flexibility index (Phi) is 5.22. The van der Waals surface area contributed by atoms with Crippen LogP contribution in [-0.4, -0.2) is 37.4 Å². The zero-order valence-electron chi connectivity index (χ0n) is 11.4. The molecule has 0 aliphatic carbocycles. The van der Waals surface area contributed by atoms with Crippen LogP contribution in [0.15, 0.2) is 0 Å². The summed E-state index contributed by atoms with van der Waals surface area (Å²) in [6, 6.07) is 0. The lowest BCUT2D eigenvalue weighted by Gasteiger charge is -2.34. The molecule has 0 aromatic rings. The molecule has 3 heteroatoms. The molecular formula is C13H28N2O. The van der Waals surface area contributed by atoms with Gasteiger partial charge in [-0.15, -0.1) is 0 Å². The summed E-state index contributed by atoms with van der Waals surface area (Å²) in [7, 11) is 0. The minimum atomic E-state index is 0.239. The summed E-state index contributed by atoms with van der Waals surface area (Å²) in [5, 5.41) is 7.17. The van der Waals surface area contributed by atoms with Crippen LogP contribution in [0.4, 0.5) is 0 Å². The van der Waals surface area contributed by atoms with Gasteiger partial charge in [0, 0.05) is 24.3 Å². The maximum Gasteiger partial charge on any atom is 0.0483 e. The fourth-order valence-corrected chi connectivity index (χ4v) is 1.94. The number of hydrogen-bond acceptors (Lipinski definition) is 3. The maximum atomic E-state index is 5.38. The fraction of sp³-hybridized carbons (Fsp3) is 1.00. The number of nitrogens with one attached hydrogen (secondary N) is 2. The van der Waals surface area contributed by atoms with Crippen LogP contribution in [0.3, 0.4) is 0 Å². The van der Waals surface area contributed by atoms with E-state index in [-0.39, 0.29) is 5.54 Å². The minimum Gasteiger partial charge on any atom is -0.381 e. The van der Waals surface area contributed by atoms with Gasteiger partial charge in [0.25, 0.3) is 0 Å². The molecule has 3 nitrogen and oxygen atoms in total. The largest absolute Gasteiger partial charge is 0.381 e. The quantitative estimate of drug-likeness (QED) is 0.705. The zero-order chi connectivity index (χ0) is 12.1. The first kappa shape index (κ1) is 13.9. The molecule has 0 radical (unpaired) electrons. The first-order valence-corrected chi connectivity index (χ1v) is 6.49. The van der Waals surface area contributed by atoms with Crippen molar-refractivity contribution in [2.45, 2.75) is 58.0 Å². The molecule has 0 bridgehead atoms. The van der Waals surface area contributed by atoms with Gasteiger partial charge in [0.1, 0.15) is 0 Å². The van der Waals surface area contributed by atoms with Crippen molar-refractivity contribution in [2.75, 3.05) is 26.3 Å². The van der Waals surface area contributed by atoms with Gasteiger partial charge in [-0.3, -0.25) is 0 Å². The van der Waals surface area contributed by atoms with Crippen molar-refractivity contribution in [1.82, 2.24) is 10.6 Å². The molecule has 1 aliphatic rings. The van der Waals surface area contributed by atoms with Crippen LogP contribution < -0.4 is 10.6 Å². The highest BCUT2D eigenvalue weighted by Gasteiger charge is 2.25. The second-order valence-corrected chi connectivity index (χ2v) is 6.13. The van der Waals surface area contributed by atoms with Crippen molar-refractivity contribution in [3.63, 3.8) is 0 Å². The third kappa shape index (κ3) is 5.83. The van der Waals surface area contributed by atoms with Crippen molar-refractivity contribution in [1.29, 1.82) is 0 Å². The van der Waals surface area contributed by atoms with Crippen molar-refractivity contribution in [3.05, 3.63) is 0 Å². The van der Waals surface area contributed by atoms with Crippen LogP contribution in [0.25, 0.3) is 0 Å². The van der Waals surface area contributed by atoms with Crippen molar-refractivity contribution in [3.8, 4) is 0 Å². The Hall–Kier alpha value is -0.120. The predicted molar refractivity (Wildman–Crippen MR) is 68.8 cm³/mol. The summed E-state index contributed by atoms with van der Waals surface area (Å²) in [4.78, 5) is 0. The smallest absolute Gasteiger partial charge is 0.0483 e. The molecule has 1 saturated heterocycles. The Bertz CT molecular complexity index is 193. The van der Waals surface area contributed by atoms with Crippen molar-refractivity contribution < 1.29 is 4.74 Å². The summed E-state index contributed by atoms with van der Waals surface area (Å²) in [6.45, 7) is 12.9. The lowest BCUT2D eigenvalue weighted by molar-refractivity contribution is 0.0453. The summed E-state index contributed by atoms with van der Waals surface area (Å²) in [6.07, 6.45) is 3.47. The van der Waals surface area contributed by atoms with Crippen LogP contribution >= 0.6 is 0 Å². The molecule has 0 aromatic heterocycles. The molecule has 1 heterocycles. The molecule has 0 unspecified atom stereocenters. The van der Waals surface area contributed by atoms with Crippen LogP contribution in [0.5, 0.6) is 0 Å². The molecule has 96 valence electrons. The van der Waals surface area contributed by atoms with Crippen LogP contribution in [-0.2, 0) is 4.74 Å². The van der Waals surface area contributed by atoms with Gasteiger partial charge < -0.3 is 15.4 Å². The highest BCUT2D eigenvalue weighted by molar-refractivity contribution is 4.85. The van der Waals surface area contributed by atoms with E-state index in [4.69, 9.17) is 4.74 Å². The topological polar surface area (TPSA) is 33.3 Å². The Morgan fingerprint density at radius 1 is 1.12 bits per heavy atom. The number of hydrogen-bond donors (Lipinski definition) is 2. The average molecular weight is 228 g/mol. The SMILES string of the molecule is CC(C)(C)NCCCNC1(C)CCOCC1. The molecule has 2 N–H and O–H groups in total. The van der Waals surface area contributed by atoms with E-state index >= 15 is 0 Å². The number of rotatable bonds is 5. The number of ether oxygens (including phenoxy) is 1. The van der Waals surface area contributed by atoms with Crippen LogP contribution in [0.2, 0.25) is 0 Å². The van der Waals surface area contributed by atoms with E-state index in [1.807, 2.05) is 0 Å². The molecule has 0 atom stereocenters. The van der Waals surface area contributed by atoms with Gasteiger partial charge in [0.2, 0.25) is 0 Å². The highest BCUT2D eigenvalue weighted by atomic mass is 16.5. The predicted octanol–water partition coefficient (Wildman–Crippen LogP) is 1.92. The van der Waals surface area contributed by atoms with E-state index in [0.29, 0.717) is 5.54 Å². The molecule has 0 aromatic carbocycles. The Labute approximate surface area is 100 Å². The third-order valence-electron chi connectivity index (χ3n) is 3.16. The van der Waals surface area contributed by atoms with Gasteiger partial charge in [-0.25, -0.2) is 0 Å². The highest BCUT2D eigenvalue weighted by Crippen LogP contribution is 2.19. The monoisotopic (exact) mass is 228 g/mol. The average Bonchev–Trinajstić information content (AvgIpc) is 2.16. The van der Waals surface area contributed by atoms with E-state index in [9.17, 15) is 0 Å². The van der Waals surface area contributed by atoms with E-state index < -0.39 is 0 Å². The summed E-state index contributed by atoms with van der Waals surface area (Å²) >= 11 is 0. The van der Waals surface area contributed by atoms with Gasteiger partial charge in [-0.1, -0.05) is 0 Å². The lowest BCUT2D eigenvalue weighted by Crippen LogP contribution is -2.47. The standard InChI is InChI=1S/C13H28N2O/c1-12(2,3)14-8-5-9-15-13(4)6-10-16-11-7-13/h14-15H,5-11H2,1-4H3. The molecule has 16 heavy (non-hydrogen) atoms. The molecule has 0 saturated carbocycles. The molecule has 1 aliphatic heterocycles. The molecule has 0 spiro atoms. The Morgan fingerprint density at radius 2 is 1.75 bits per heavy atom. The van der Waals surface area contributed by atoms with Crippen LogP contribution in [0.1, 0.15) is 47.0 Å². The minimum absolute atomic E-state index is 0.239. The van der Waals surface area contributed by atoms with E-state index in [1.54, 1.807) is 0 Å². The molecule has 1 rings (SSSR count). The molecule has 1 fully saturated rings. The Morgan fingerprint density at radius 3 is 2.31 bits per heavy atom. The van der Waals surface area contributed by atoms with E-state index in [0.717, 1.165) is 39.1 Å². The second kappa shape index (κ2) is 5.99. The lowest BCUT2D eigenvalue weighted by atomic mass is 9.92. The Balaban J connectivity index is 2.06. The van der Waals surface area contributed by atoms with Gasteiger partial charge in [-0.2, -0.15) is 0 Å². The zero-order valence-corrected chi connectivity index (χ0v) is 11.4. The van der Waals surface area contributed by atoms with E-state index in [2.05, 4.69) is 38.3 Å². The molecular weight excluding hydrogens is 200 g/mol. The summed E-state index contributed by atoms with van der Waals surface area (Å²) in [5.41, 5.74) is 0.544. The van der Waals surface area contributed by atoms with Crippen LogP contribution in [0, 0.1) is 0 Å². The van der Waals surface area contributed by atoms with Gasteiger partial charge in [0.05, 0.1) is 0 Å². The third-order valence-corrected chi connectivity index (χ3v) is 3.16. The van der Waals surface area contributed by atoms with E-state index in [1.165, 1.54) is 6.42 Å². The molecule has 0 amide bonds. The fourth-order valence-electron chi connectivity index (χ4n) is 1.94. The van der Waals surface area contributed by atoms with Crippen molar-refractivity contribution >= 4 is 0 Å². The van der Waals surface area contributed by atoms with Crippen molar-refractivity contribution in [2.24, 2.45) is 0 Å². The van der Waals surface area contributed by atoms with Gasteiger partial charge in [-0.05, 0) is 60.0 Å². The second-order valence-electron chi connectivity index (χ2n) is 6.13. The first-order chi connectivity index (χ1) is 7.41. The first-order valence-electron chi connectivity index (χ1n) is 6.49.